The third-order valence-electron chi connectivity index (χ3n) is 3.45. The van der Waals surface area contributed by atoms with Crippen molar-refractivity contribution in [2.24, 2.45) is 0 Å². The van der Waals surface area contributed by atoms with Gasteiger partial charge in [0, 0.05) is 18.0 Å². The summed E-state index contributed by atoms with van der Waals surface area (Å²) in [5.41, 5.74) is 2.76. The SMILES string of the molecule is Cc1ccc(NC(=O)Nc2ccn(Cc3ccc(F)cc3)n2)cc1. The molecule has 0 atom stereocenters. The molecule has 3 rings (SSSR count). The second-order valence-electron chi connectivity index (χ2n) is 5.47. The third-order valence-corrected chi connectivity index (χ3v) is 3.45. The highest BCUT2D eigenvalue weighted by molar-refractivity contribution is 5.99. The summed E-state index contributed by atoms with van der Waals surface area (Å²) < 4.78 is 14.6. The van der Waals surface area contributed by atoms with Crippen LogP contribution in [0.2, 0.25) is 0 Å². The second-order valence-corrected chi connectivity index (χ2v) is 5.47. The molecule has 122 valence electrons. The normalized spacial score (nSPS) is 10.4. The maximum atomic E-state index is 12.9. The van der Waals surface area contributed by atoms with Gasteiger partial charge in [-0.1, -0.05) is 29.8 Å². The van der Waals surface area contributed by atoms with E-state index in [4.69, 9.17) is 0 Å². The van der Waals surface area contributed by atoms with Crippen molar-refractivity contribution in [1.82, 2.24) is 9.78 Å². The fourth-order valence-electron chi connectivity index (χ4n) is 2.21. The van der Waals surface area contributed by atoms with Gasteiger partial charge in [0.25, 0.3) is 0 Å². The number of hydrogen-bond donors (Lipinski definition) is 2. The van der Waals surface area contributed by atoms with Crippen molar-refractivity contribution in [3.8, 4) is 0 Å². The summed E-state index contributed by atoms with van der Waals surface area (Å²) in [6, 6.07) is 15.1. The van der Waals surface area contributed by atoms with Crippen LogP contribution in [0.1, 0.15) is 11.1 Å². The van der Waals surface area contributed by atoms with Gasteiger partial charge in [-0.25, -0.2) is 9.18 Å². The van der Waals surface area contributed by atoms with Crippen LogP contribution in [0.5, 0.6) is 0 Å². The fourth-order valence-corrected chi connectivity index (χ4v) is 2.21. The van der Waals surface area contributed by atoms with E-state index in [0.29, 0.717) is 18.1 Å². The molecule has 0 unspecified atom stereocenters. The molecule has 0 fully saturated rings. The van der Waals surface area contributed by atoms with E-state index >= 15 is 0 Å². The maximum absolute atomic E-state index is 12.9. The summed E-state index contributed by atoms with van der Waals surface area (Å²) in [7, 11) is 0. The number of aryl methyl sites for hydroxylation is 1. The molecule has 0 saturated heterocycles. The Hall–Kier alpha value is -3.15. The number of hydrogen-bond acceptors (Lipinski definition) is 2. The summed E-state index contributed by atoms with van der Waals surface area (Å²) in [5.74, 6) is 0.177. The molecule has 0 aliphatic rings. The number of nitrogens with one attached hydrogen (secondary N) is 2. The summed E-state index contributed by atoms with van der Waals surface area (Å²) >= 11 is 0. The zero-order valence-corrected chi connectivity index (χ0v) is 13.2. The lowest BCUT2D eigenvalue weighted by atomic mass is 10.2. The van der Waals surface area contributed by atoms with Gasteiger partial charge in [0.1, 0.15) is 5.82 Å². The van der Waals surface area contributed by atoms with Crippen LogP contribution >= 0.6 is 0 Å². The molecular weight excluding hydrogens is 307 g/mol. The molecule has 6 heteroatoms. The maximum Gasteiger partial charge on any atom is 0.324 e. The summed E-state index contributed by atoms with van der Waals surface area (Å²) in [4.78, 5) is 12.0. The van der Waals surface area contributed by atoms with Crippen LogP contribution in [0.25, 0.3) is 0 Å². The van der Waals surface area contributed by atoms with Gasteiger partial charge in [-0.3, -0.25) is 10.00 Å². The third kappa shape index (κ3) is 4.19. The first-order valence-corrected chi connectivity index (χ1v) is 7.51. The molecule has 5 nitrogen and oxygen atoms in total. The lowest BCUT2D eigenvalue weighted by Gasteiger charge is -2.06. The average molecular weight is 324 g/mol. The molecule has 1 heterocycles. The Morgan fingerprint density at radius 1 is 1.04 bits per heavy atom. The van der Waals surface area contributed by atoms with Gasteiger partial charge < -0.3 is 5.32 Å². The number of aromatic nitrogens is 2. The van der Waals surface area contributed by atoms with E-state index in [1.54, 1.807) is 29.1 Å². The molecule has 1 aromatic heterocycles. The highest BCUT2D eigenvalue weighted by atomic mass is 19.1. The van der Waals surface area contributed by atoms with Crippen molar-refractivity contribution in [2.45, 2.75) is 13.5 Å². The monoisotopic (exact) mass is 324 g/mol. The van der Waals surface area contributed by atoms with Crippen LogP contribution in [-0.2, 0) is 6.54 Å². The largest absolute Gasteiger partial charge is 0.324 e. The summed E-state index contributed by atoms with van der Waals surface area (Å²) in [5, 5.41) is 9.69. The number of halogens is 1. The number of anilines is 2. The summed E-state index contributed by atoms with van der Waals surface area (Å²) in [6.45, 7) is 2.49. The van der Waals surface area contributed by atoms with Gasteiger partial charge in [0.2, 0.25) is 0 Å². The van der Waals surface area contributed by atoms with Crippen LogP contribution in [0.15, 0.2) is 60.8 Å². The topological polar surface area (TPSA) is 59.0 Å². The Morgan fingerprint density at radius 2 is 1.75 bits per heavy atom. The zero-order valence-electron chi connectivity index (χ0n) is 13.2. The number of rotatable bonds is 4. The Morgan fingerprint density at radius 3 is 2.46 bits per heavy atom. The van der Waals surface area contributed by atoms with E-state index in [0.717, 1.165) is 11.1 Å². The van der Waals surface area contributed by atoms with Crippen LogP contribution in [0.4, 0.5) is 20.7 Å². The van der Waals surface area contributed by atoms with Gasteiger partial charge in [-0.15, -0.1) is 0 Å². The second kappa shape index (κ2) is 6.95. The van der Waals surface area contributed by atoms with Crippen molar-refractivity contribution in [3.63, 3.8) is 0 Å². The van der Waals surface area contributed by atoms with Crippen LogP contribution < -0.4 is 10.6 Å². The molecule has 0 spiro atoms. The number of amides is 2. The molecule has 2 aromatic carbocycles. The first kappa shape index (κ1) is 15.7. The number of urea groups is 1. The Kier molecular flexibility index (Phi) is 4.56. The quantitative estimate of drug-likeness (QED) is 0.761. The van der Waals surface area contributed by atoms with Gasteiger partial charge in [0.15, 0.2) is 5.82 Å². The molecule has 2 amide bonds. The molecule has 3 aromatic rings. The van der Waals surface area contributed by atoms with Gasteiger partial charge in [-0.2, -0.15) is 5.10 Å². The first-order valence-electron chi connectivity index (χ1n) is 7.51. The van der Waals surface area contributed by atoms with Crippen molar-refractivity contribution in [3.05, 3.63) is 77.7 Å². The molecule has 0 aliphatic carbocycles. The first-order chi connectivity index (χ1) is 11.6. The predicted molar refractivity (Wildman–Crippen MR) is 91.5 cm³/mol. The van der Waals surface area contributed by atoms with Gasteiger partial charge >= 0.3 is 6.03 Å². The van der Waals surface area contributed by atoms with E-state index in [1.807, 2.05) is 31.2 Å². The molecule has 24 heavy (non-hydrogen) atoms. The van der Waals surface area contributed by atoms with E-state index in [9.17, 15) is 9.18 Å². The van der Waals surface area contributed by atoms with Crippen molar-refractivity contribution < 1.29 is 9.18 Å². The highest BCUT2D eigenvalue weighted by Crippen LogP contribution is 2.11. The number of benzene rings is 2. The van der Waals surface area contributed by atoms with Crippen molar-refractivity contribution >= 4 is 17.5 Å². The Balaban J connectivity index is 1.58. The van der Waals surface area contributed by atoms with Crippen LogP contribution in [0.3, 0.4) is 0 Å². The number of nitrogens with zero attached hydrogens (tertiary/aromatic N) is 2. The van der Waals surface area contributed by atoms with Crippen LogP contribution in [-0.4, -0.2) is 15.8 Å². The standard InChI is InChI=1S/C18H17FN4O/c1-13-2-8-16(9-3-13)20-18(24)21-17-10-11-23(22-17)12-14-4-6-15(19)7-5-14/h2-11H,12H2,1H3,(H2,20,21,22,24). The molecule has 2 N–H and O–H groups in total. The van der Waals surface area contributed by atoms with E-state index < -0.39 is 0 Å². The minimum Gasteiger partial charge on any atom is -0.308 e. The average Bonchev–Trinajstić information content (AvgIpc) is 2.99. The molecule has 0 saturated carbocycles. The van der Waals surface area contributed by atoms with Crippen molar-refractivity contribution in [2.75, 3.05) is 10.6 Å². The van der Waals surface area contributed by atoms with Gasteiger partial charge in [-0.05, 0) is 36.8 Å². The molecule has 0 aliphatic heterocycles. The lowest BCUT2D eigenvalue weighted by Crippen LogP contribution is -2.19. The van der Waals surface area contributed by atoms with E-state index in [2.05, 4.69) is 15.7 Å². The van der Waals surface area contributed by atoms with Crippen molar-refractivity contribution in [1.29, 1.82) is 0 Å². The van der Waals surface area contributed by atoms with Crippen LogP contribution in [0, 0.1) is 12.7 Å². The minimum absolute atomic E-state index is 0.269. The molecule has 0 bridgehead atoms. The van der Waals surface area contributed by atoms with Gasteiger partial charge in [0.05, 0.1) is 6.54 Å². The number of carbonyl (C=O) groups is 1. The summed E-state index contributed by atoms with van der Waals surface area (Å²) in [6.07, 6.45) is 1.75. The molecular formula is C18H17FN4O. The molecule has 0 radical (unpaired) electrons. The fraction of sp³-hybridized carbons (Fsp3) is 0.111. The Bertz CT molecular complexity index is 825. The predicted octanol–water partition coefficient (Wildman–Crippen LogP) is 4.02. The lowest BCUT2D eigenvalue weighted by molar-refractivity contribution is 0.262. The number of carbonyl (C=O) groups excluding carboxylic acids is 1. The zero-order chi connectivity index (χ0) is 16.9. The minimum atomic E-state index is -0.356. The van der Waals surface area contributed by atoms with E-state index in [-0.39, 0.29) is 11.8 Å². The smallest absolute Gasteiger partial charge is 0.308 e. The van der Waals surface area contributed by atoms with E-state index in [1.165, 1.54) is 12.1 Å². The highest BCUT2D eigenvalue weighted by Gasteiger charge is 2.06. The Labute approximate surface area is 139 Å².